The zero-order valence-electron chi connectivity index (χ0n) is 7.49. The van der Waals surface area contributed by atoms with Crippen molar-refractivity contribution >= 4 is 21.6 Å². The fourth-order valence-electron chi connectivity index (χ4n) is 0.974. The Morgan fingerprint density at radius 2 is 2.12 bits per heavy atom. The molecule has 0 atom stereocenters. The molecule has 1 aromatic rings. The van der Waals surface area contributed by atoms with E-state index in [-0.39, 0.29) is 0 Å². The van der Waals surface area contributed by atoms with Gasteiger partial charge in [-0.2, -0.15) is 5.26 Å². The van der Waals surface area contributed by atoms with Gasteiger partial charge in [0.15, 0.2) is 5.03 Å². The van der Waals surface area contributed by atoms with Crippen LogP contribution in [0.25, 0.3) is 0 Å². The average Bonchev–Trinajstić information content (AvgIpc) is 2.14. The van der Waals surface area contributed by atoms with Crippen molar-refractivity contribution in [3.05, 3.63) is 22.3 Å². The van der Waals surface area contributed by atoms with Crippen molar-refractivity contribution in [2.24, 2.45) is 5.14 Å². The minimum atomic E-state index is -4.46. The van der Waals surface area contributed by atoms with E-state index in [0.717, 1.165) is 6.07 Å². The quantitative estimate of drug-likeness (QED) is 0.870. The zero-order valence-corrected chi connectivity index (χ0v) is 9.06. The Hall–Kier alpha value is -1.30. The monoisotopic (exact) mass is 267 g/mol. The van der Waals surface area contributed by atoms with Crippen LogP contribution in [-0.2, 0) is 10.0 Å². The molecule has 0 spiro atoms. The van der Waals surface area contributed by atoms with Crippen LogP contribution >= 0.6 is 11.6 Å². The molecular formula is C7H4ClF2N3O2S. The van der Waals surface area contributed by atoms with Crippen LogP contribution in [0.5, 0.6) is 0 Å². The number of aromatic nitrogens is 1. The number of alkyl halides is 2. The number of nitrogens with zero attached hydrogens (tertiary/aromatic N) is 2. The van der Waals surface area contributed by atoms with Gasteiger partial charge >= 0.3 is 0 Å². The molecule has 0 bridgehead atoms. The van der Waals surface area contributed by atoms with Crippen molar-refractivity contribution in [3.8, 4) is 6.07 Å². The van der Waals surface area contributed by atoms with Crippen molar-refractivity contribution in [2.45, 2.75) is 11.5 Å². The van der Waals surface area contributed by atoms with E-state index in [4.69, 9.17) is 22.0 Å². The van der Waals surface area contributed by atoms with Gasteiger partial charge in [0.1, 0.15) is 11.8 Å². The minimum absolute atomic E-state index is 0.404. The number of primary sulfonamides is 1. The van der Waals surface area contributed by atoms with E-state index >= 15 is 0 Å². The molecule has 0 radical (unpaired) electrons. The number of sulfonamides is 1. The highest BCUT2D eigenvalue weighted by molar-refractivity contribution is 7.89. The van der Waals surface area contributed by atoms with Crippen molar-refractivity contribution in [2.75, 3.05) is 0 Å². The Labute approximate surface area is 94.5 Å². The third-order valence-electron chi connectivity index (χ3n) is 1.58. The second kappa shape index (κ2) is 4.29. The van der Waals surface area contributed by atoms with E-state index in [1.807, 2.05) is 0 Å². The van der Waals surface area contributed by atoms with Gasteiger partial charge in [-0.25, -0.2) is 27.3 Å². The number of pyridine rings is 1. The third-order valence-corrected chi connectivity index (χ3v) is 2.74. The highest BCUT2D eigenvalue weighted by Gasteiger charge is 2.26. The lowest BCUT2D eigenvalue weighted by Crippen LogP contribution is -2.17. The van der Waals surface area contributed by atoms with Crippen LogP contribution in [0.4, 0.5) is 8.78 Å². The first-order chi connectivity index (χ1) is 7.27. The summed E-state index contributed by atoms with van der Waals surface area (Å²) < 4.78 is 47.0. The van der Waals surface area contributed by atoms with Crippen LogP contribution in [0.3, 0.4) is 0 Å². The smallest absolute Gasteiger partial charge is 0.224 e. The predicted molar refractivity (Wildman–Crippen MR) is 50.3 cm³/mol. The minimum Gasteiger partial charge on any atom is -0.224 e. The Morgan fingerprint density at radius 1 is 1.56 bits per heavy atom. The summed E-state index contributed by atoms with van der Waals surface area (Å²) in [5.74, 6) is 0. The first-order valence-electron chi connectivity index (χ1n) is 3.69. The van der Waals surface area contributed by atoms with Gasteiger partial charge in [-0.05, 0) is 6.07 Å². The molecule has 1 aromatic heterocycles. The van der Waals surface area contributed by atoms with Gasteiger partial charge in [-0.1, -0.05) is 11.6 Å². The summed E-state index contributed by atoms with van der Waals surface area (Å²) in [7, 11) is -4.46. The summed E-state index contributed by atoms with van der Waals surface area (Å²) in [5, 5.41) is 11.5. The highest BCUT2D eigenvalue weighted by atomic mass is 35.5. The Bertz CT molecular complexity index is 568. The van der Waals surface area contributed by atoms with Gasteiger partial charge in [0.2, 0.25) is 0 Å². The maximum absolute atomic E-state index is 12.5. The topological polar surface area (TPSA) is 96.8 Å². The lowest BCUT2D eigenvalue weighted by molar-refractivity contribution is 0.147. The summed E-state index contributed by atoms with van der Waals surface area (Å²) in [6, 6.07) is 2.33. The number of halogens is 3. The molecule has 2 N–H and O–H groups in total. The Balaban J connectivity index is 3.69. The number of hydrogen-bond acceptors (Lipinski definition) is 4. The van der Waals surface area contributed by atoms with Crippen LogP contribution in [0, 0.1) is 11.3 Å². The molecule has 0 saturated heterocycles. The van der Waals surface area contributed by atoms with E-state index in [1.165, 1.54) is 6.07 Å². The molecule has 0 aliphatic rings. The van der Waals surface area contributed by atoms with Crippen molar-refractivity contribution in [3.63, 3.8) is 0 Å². The van der Waals surface area contributed by atoms with Gasteiger partial charge in [0.05, 0.1) is 10.6 Å². The van der Waals surface area contributed by atoms with E-state index < -0.39 is 37.8 Å². The van der Waals surface area contributed by atoms with Gasteiger partial charge in [0, 0.05) is 0 Å². The number of hydrogen-bond donors (Lipinski definition) is 1. The largest absolute Gasteiger partial charge is 0.268 e. The number of nitriles is 1. The summed E-state index contributed by atoms with van der Waals surface area (Å²) in [6.07, 6.45) is -3.15. The lowest BCUT2D eigenvalue weighted by Gasteiger charge is -2.08. The summed E-state index contributed by atoms with van der Waals surface area (Å²) in [5.41, 5.74) is -1.40. The van der Waals surface area contributed by atoms with Crippen LogP contribution in [0.15, 0.2) is 11.1 Å². The normalized spacial score (nSPS) is 11.5. The molecule has 9 heteroatoms. The molecule has 0 aromatic carbocycles. The molecular weight excluding hydrogens is 264 g/mol. The third kappa shape index (κ3) is 2.44. The van der Waals surface area contributed by atoms with E-state index in [1.54, 1.807) is 0 Å². The Morgan fingerprint density at radius 3 is 2.50 bits per heavy atom. The predicted octanol–water partition coefficient (Wildman–Crippen LogP) is 1.19. The molecule has 0 fully saturated rings. The van der Waals surface area contributed by atoms with Crippen molar-refractivity contribution in [1.82, 2.24) is 4.98 Å². The molecule has 0 aliphatic heterocycles. The molecule has 0 aliphatic carbocycles. The highest BCUT2D eigenvalue weighted by Crippen LogP contribution is 2.31. The average molecular weight is 268 g/mol. The maximum Gasteiger partial charge on any atom is 0.268 e. The molecule has 86 valence electrons. The molecule has 1 rings (SSSR count). The first kappa shape index (κ1) is 12.8. The molecule has 16 heavy (non-hydrogen) atoms. The van der Waals surface area contributed by atoms with Gasteiger partial charge in [0.25, 0.3) is 16.4 Å². The van der Waals surface area contributed by atoms with Gasteiger partial charge in [-0.15, -0.1) is 0 Å². The second-order valence-corrected chi connectivity index (χ2v) is 4.55. The molecule has 0 amide bonds. The van der Waals surface area contributed by atoms with Gasteiger partial charge in [-0.3, -0.25) is 0 Å². The first-order valence-corrected chi connectivity index (χ1v) is 5.61. The SMILES string of the molecule is N#Cc1cc(Cl)c(C(F)F)c(S(N)(=O)=O)n1. The summed E-state index contributed by atoms with van der Waals surface area (Å²) in [6.45, 7) is 0. The number of nitrogens with two attached hydrogens (primary N) is 1. The van der Waals surface area contributed by atoms with Crippen LogP contribution in [0.1, 0.15) is 17.7 Å². The molecule has 5 nitrogen and oxygen atoms in total. The lowest BCUT2D eigenvalue weighted by atomic mass is 10.2. The van der Waals surface area contributed by atoms with Crippen LogP contribution < -0.4 is 5.14 Å². The second-order valence-electron chi connectivity index (χ2n) is 2.67. The number of rotatable bonds is 2. The van der Waals surface area contributed by atoms with Crippen molar-refractivity contribution < 1.29 is 17.2 Å². The fourth-order valence-corrected chi connectivity index (χ4v) is 2.04. The standard InChI is InChI=1S/C7H4ClF2N3O2S/c8-4-1-3(2-11)13-7(16(12,14)15)5(4)6(9)10/h1,6H,(H2,12,14,15). The van der Waals surface area contributed by atoms with E-state index in [9.17, 15) is 17.2 Å². The zero-order chi connectivity index (χ0) is 12.5. The Kier molecular flexibility index (Phi) is 3.42. The maximum atomic E-state index is 12.5. The molecule has 0 unspecified atom stereocenters. The molecule has 0 saturated carbocycles. The van der Waals surface area contributed by atoms with Crippen LogP contribution in [-0.4, -0.2) is 13.4 Å². The van der Waals surface area contributed by atoms with Gasteiger partial charge < -0.3 is 0 Å². The summed E-state index contributed by atoms with van der Waals surface area (Å²) in [4.78, 5) is 3.21. The van der Waals surface area contributed by atoms with Crippen molar-refractivity contribution in [1.29, 1.82) is 5.26 Å². The fraction of sp³-hybridized carbons (Fsp3) is 0.143. The van der Waals surface area contributed by atoms with E-state index in [2.05, 4.69) is 4.98 Å². The molecule has 1 heterocycles. The summed E-state index contributed by atoms with van der Waals surface area (Å²) >= 11 is 5.42. The van der Waals surface area contributed by atoms with Crippen LogP contribution in [0.2, 0.25) is 5.02 Å². The van der Waals surface area contributed by atoms with E-state index in [0.29, 0.717) is 0 Å².